The zero-order valence-corrected chi connectivity index (χ0v) is 7.82. The van der Waals surface area contributed by atoms with Crippen molar-refractivity contribution in [1.29, 1.82) is 5.26 Å². The summed E-state index contributed by atoms with van der Waals surface area (Å²) in [5, 5.41) is 8.60. The standard InChI is InChI=1S/C9H14N4/c1-2-3-4-5-13-7-12-8(6-10)9(13)11/h7H,2-5,11H2,1H3. The van der Waals surface area contributed by atoms with Crippen LogP contribution < -0.4 is 5.73 Å². The van der Waals surface area contributed by atoms with Crippen LogP contribution in [0.5, 0.6) is 0 Å². The molecule has 1 aromatic heterocycles. The summed E-state index contributed by atoms with van der Waals surface area (Å²) in [4.78, 5) is 3.89. The molecule has 70 valence electrons. The Hall–Kier alpha value is -1.50. The number of hydrogen-bond acceptors (Lipinski definition) is 3. The van der Waals surface area contributed by atoms with Gasteiger partial charge in [-0.15, -0.1) is 0 Å². The SMILES string of the molecule is CCCCCn1cnc(C#N)c1N. The van der Waals surface area contributed by atoms with E-state index in [-0.39, 0.29) is 0 Å². The first-order valence-corrected chi connectivity index (χ1v) is 4.50. The zero-order valence-electron chi connectivity index (χ0n) is 7.82. The highest BCUT2D eigenvalue weighted by Crippen LogP contribution is 2.09. The van der Waals surface area contributed by atoms with Gasteiger partial charge in [0.05, 0.1) is 6.33 Å². The molecule has 0 bridgehead atoms. The first-order chi connectivity index (χ1) is 6.29. The fraction of sp³-hybridized carbons (Fsp3) is 0.556. The maximum atomic E-state index is 8.60. The summed E-state index contributed by atoms with van der Waals surface area (Å²) in [6.07, 6.45) is 5.07. The number of nitrogens with two attached hydrogens (primary N) is 1. The molecule has 0 aliphatic carbocycles. The van der Waals surface area contributed by atoms with Crippen molar-refractivity contribution in [3.05, 3.63) is 12.0 Å². The lowest BCUT2D eigenvalue weighted by atomic mass is 10.2. The number of nitrogen functional groups attached to an aromatic ring is 1. The van der Waals surface area contributed by atoms with Crippen LogP contribution in [-0.4, -0.2) is 9.55 Å². The summed E-state index contributed by atoms with van der Waals surface area (Å²) in [7, 11) is 0. The van der Waals surface area contributed by atoms with Crippen LogP contribution in [0.1, 0.15) is 31.9 Å². The molecule has 0 saturated heterocycles. The van der Waals surface area contributed by atoms with Gasteiger partial charge in [0.15, 0.2) is 5.69 Å². The molecular formula is C9H14N4. The van der Waals surface area contributed by atoms with Gasteiger partial charge in [0, 0.05) is 6.54 Å². The number of aryl methyl sites for hydroxylation is 1. The Morgan fingerprint density at radius 3 is 2.92 bits per heavy atom. The lowest BCUT2D eigenvalue weighted by Crippen LogP contribution is -2.02. The number of rotatable bonds is 4. The average molecular weight is 178 g/mol. The average Bonchev–Trinajstić information content (AvgIpc) is 2.48. The van der Waals surface area contributed by atoms with Gasteiger partial charge in [-0.1, -0.05) is 19.8 Å². The largest absolute Gasteiger partial charge is 0.383 e. The molecule has 0 radical (unpaired) electrons. The Balaban J connectivity index is 2.58. The molecule has 0 aromatic carbocycles. The van der Waals surface area contributed by atoms with Crippen LogP contribution in [0.2, 0.25) is 0 Å². The van der Waals surface area contributed by atoms with Crippen molar-refractivity contribution in [3.8, 4) is 6.07 Å². The minimum atomic E-state index is 0.330. The Labute approximate surface area is 78.0 Å². The highest BCUT2D eigenvalue weighted by molar-refractivity contribution is 5.44. The van der Waals surface area contributed by atoms with Crippen molar-refractivity contribution in [2.24, 2.45) is 0 Å². The second kappa shape index (κ2) is 4.51. The van der Waals surface area contributed by atoms with Gasteiger partial charge in [0.25, 0.3) is 0 Å². The summed E-state index contributed by atoms with van der Waals surface area (Å²) in [6, 6.07) is 1.95. The molecule has 1 rings (SSSR count). The lowest BCUT2D eigenvalue weighted by Gasteiger charge is -2.02. The second-order valence-electron chi connectivity index (χ2n) is 2.99. The second-order valence-corrected chi connectivity index (χ2v) is 2.99. The van der Waals surface area contributed by atoms with Gasteiger partial charge in [-0.2, -0.15) is 5.26 Å². The Bertz CT molecular complexity index is 308. The summed E-state index contributed by atoms with van der Waals surface area (Å²) in [5.41, 5.74) is 6.00. The van der Waals surface area contributed by atoms with Gasteiger partial charge in [-0.25, -0.2) is 4.98 Å². The van der Waals surface area contributed by atoms with E-state index in [1.54, 1.807) is 6.33 Å². The van der Waals surface area contributed by atoms with E-state index in [0.717, 1.165) is 13.0 Å². The quantitative estimate of drug-likeness (QED) is 0.711. The Morgan fingerprint density at radius 2 is 2.38 bits per heavy atom. The van der Waals surface area contributed by atoms with Crippen molar-refractivity contribution in [2.45, 2.75) is 32.7 Å². The third-order valence-corrected chi connectivity index (χ3v) is 1.99. The van der Waals surface area contributed by atoms with E-state index < -0.39 is 0 Å². The lowest BCUT2D eigenvalue weighted by molar-refractivity contribution is 0.607. The van der Waals surface area contributed by atoms with Crippen LogP contribution in [-0.2, 0) is 6.54 Å². The molecule has 4 nitrogen and oxygen atoms in total. The molecule has 4 heteroatoms. The van der Waals surface area contributed by atoms with Gasteiger partial charge >= 0.3 is 0 Å². The summed E-state index contributed by atoms with van der Waals surface area (Å²) < 4.78 is 1.83. The number of nitriles is 1. The smallest absolute Gasteiger partial charge is 0.182 e. The third kappa shape index (κ3) is 2.22. The van der Waals surface area contributed by atoms with E-state index in [1.807, 2.05) is 10.6 Å². The van der Waals surface area contributed by atoms with Crippen LogP contribution >= 0.6 is 0 Å². The first kappa shape index (κ1) is 9.59. The number of aromatic nitrogens is 2. The molecule has 0 unspecified atom stereocenters. The number of anilines is 1. The molecule has 2 N–H and O–H groups in total. The van der Waals surface area contributed by atoms with Crippen LogP contribution in [0.4, 0.5) is 5.82 Å². The van der Waals surface area contributed by atoms with Crippen molar-refractivity contribution in [2.75, 3.05) is 5.73 Å². The van der Waals surface area contributed by atoms with Crippen LogP contribution in [0.3, 0.4) is 0 Å². The fourth-order valence-electron chi connectivity index (χ4n) is 1.19. The number of nitrogens with zero attached hydrogens (tertiary/aromatic N) is 3. The van der Waals surface area contributed by atoms with Crippen molar-refractivity contribution in [1.82, 2.24) is 9.55 Å². The van der Waals surface area contributed by atoms with Gasteiger partial charge < -0.3 is 10.3 Å². The van der Waals surface area contributed by atoms with Gasteiger partial charge in [-0.05, 0) is 6.42 Å². The highest BCUT2D eigenvalue weighted by atomic mass is 15.1. The molecular weight excluding hydrogens is 164 g/mol. The number of hydrogen-bond donors (Lipinski definition) is 1. The van der Waals surface area contributed by atoms with E-state index in [9.17, 15) is 0 Å². The van der Waals surface area contributed by atoms with E-state index >= 15 is 0 Å². The summed E-state index contributed by atoms with van der Waals surface area (Å²) in [5.74, 6) is 0.485. The van der Waals surface area contributed by atoms with Crippen molar-refractivity contribution in [3.63, 3.8) is 0 Å². The molecule has 1 heterocycles. The first-order valence-electron chi connectivity index (χ1n) is 4.50. The highest BCUT2D eigenvalue weighted by Gasteiger charge is 2.04. The Morgan fingerprint density at radius 1 is 1.62 bits per heavy atom. The third-order valence-electron chi connectivity index (χ3n) is 1.99. The minimum Gasteiger partial charge on any atom is -0.383 e. The van der Waals surface area contributed by atoms with E-state index in [4.69, 9.17) is 11.0 Å². The topological polar surface area (TPSA) is 67.6 Å². The van der Waals surface area contributed by atoms with Gasteiger partial charge in [0.1, 0.15) is 11.9 Å². The molecule has 1 aromatic rings. The maximum absolute atomic E-state index is 8.60. The molecule has 0 spiro atoms. The van der Waals surface area contributed by atoms with Crippen molar-refractivity contribution >= 4 is 5.82 Å². The minimum absolute atomic E-state index is 0.330. The zero-order chi connectivity index (χ0) is 9.68. The Kier molecular flexibility index (Phi) is 3.32. The maximum Gasteiger partial charge on any atom is 0.182 e. The summed E-state index contributed by atoms with van der Waals surface area (Å²) >= 11 is 0. The van der Waals surface area contributed by atoms with Gasteiger partial charge in [0.2, 0.25) is 0 Å². The van der Waals surface area contributed by atoms with Crippen molar-refractivity contribution < 1.29 is 0 Å². The summed E-state index contributed by atoms with van der Waals surface area (Å²) in [6.45, 7) is 3.01. The molecule has 0 aliphatic rings. The molecule has 0 fully saturated rings. The predicted octanol–water partition coefficient (Wildman–Crippen LogP) is 1.53. The van der Waals surface area contributed by atoms with Crippen LogP contribution in [0, 0.1) is 11.3 Å². The van der Waals surface area contributed by atoms with Gasteiger partial charge in [-0.3, -0.25) is 0 Å². The monoisotopic (exact) mass is 178 g/mol. The molecule has 0 atom stereocenters. The number of unbranched alkanes of at least 4 members (excludes halogenated alkanes) is 2. The number of imidazole rings is 1. The van der Waals surface area contributed by atoms with Crippen LogP contribution in [0.25, 0.3) is 0 Å². The predicted molar refractivity (Wildman–Crippen MR) is 50.9 cm³/mol. The molecule has 13 heavy (non-hydrogen) atoms. The normalized spacial score (nSPS) is 9.85. The van der Waals surface area contributed by atoms with Crippen LogP contribution in [0.15, 0.2) is 6.33 Å². The fourth-order valence-corrected chi connectivity index (χ4v) is 1.19. The van der Waals surface area contributed by atoms with E-state index in [0.29, 0.717) is 11.5 Å². The molecule has 0 amide bonds. The van der Waals surface area contributed by atoms with E-state index in [2.05, 4.69) is 11.9 Å². The molecule has 0 saturated carbocycles. The molecule has 0 aliphatic heterocycles. The van der Waals surface area contributed by atoms with E-state index in [1.165, 1.54) is 12.8 Å².